The minimum Gasteiger partial charge on any atom is -0.481 e. The maximum absolute atomic E-state index is 13.3. The van der Waals surface area contributed by atoms with Gasteiger partial charge in [-0.25, -0.2) is 4.39 Å². The van der Waals surface area contributed by atoms with E-state index in [1.54, 1.807) is 43.3 Å². The smallest absolute Gasteiger partial charge is 0.261 e. The second-order valence-corrected chi connectivity index (χ2v) is 6.88. The van der Waals surface area contributed by atoms with E-state index in [1.165, 1.54) is 23.5 Å². The molecule has 2 atom stereocenters. The van der Waals surface area contributed by atoms with E-state index in [0.717, 1.165) is 10.4 Å². The predicted molar refractivity (Wildman–Crippen MR) is 102 cm³/mol. The number of hydrogen-bond donors (Lipinski definition) is 1. The third-order valence-electron chi connectivity index (χ3n) is 3.98. The molecule has 0 aliphatic heterocycles. The van der Waals surface area contributed by atoms with Crippen LogP contribution in [0.5, 0.6) is 5.75 Å². The fourth-order valence-corrected chi connectivity index (χ4v) is 3.36. The Labute approximate surface area is 160 Å². The summed E-state index contributed by atoms with van der Waals surface area (Å²) in [6.07, 6.45) is -0.735. The molecule has 0 aliphatic rings. The quantitative estimate of drug-likeness (QED) is 0.688. The van der Waals surface area contributed by atoms with Crippen LogP contribution in [0.4, 0.5) is 4.39 Å². The fraction of sp³-hybridized carbons (Fsp3) is 0.143. The van der Waals surface area contributed by atoms with E-state index < -0.39 is 6.10 Å². The van der Waals surface area contributed by atoms with Crippen molar-refractivity contribution in [1.29, 1.82) is 5.26 Å². The molecule has 0 radical (unpaired) electrons. The van der Waals surface area contributed by atoms with E-state index in [-0.39, 0.29) is 17.8 Å². The van der Waals surface area contributed by atoms with Gasteiger partial charge in [0.05, 0.1) is 17.7 Å². The minimum absolute atomic E-state index is 0.290. The van der Waals surface area contributed by atoms with Gasteiger partial charge in [-0.05, 0) is 60.3 Å². The summed E-state index contributed by atoms with van der Waals surface area (Å²) in [4.78, 5) is 13.6. The van der Waals surface area contributed by atoms with Crippen molar-refractivity contribution < 1.29 is 13.9 Å². The Kier molecular flexibility index (Phi) is 5.84. The van der Waals surface area contributed by atoms with Gasteiger partial charge in [0.15, 0.2) is 6.10 Å². The molecule has 3 aromatic rings. The normalized spacial score (nSPS) is 12.6. The third-order valence-corrected chi connectivity index (χ3v) is 4.92. The molecule has 6 heteroatoms. The fourth-order valence-electron chi connectivity index (χ4n) is 2.55. The van der Waals surface area contributed by atoms with Crippen LogP contribution < -0.4 is 10.1 Å². The lowest BCUT2D eigenvalue weighted by molar-refractivity contribution is -0.127. The molecule has 0 saturated heterocycles. The molecule has 1 N–H and O–H groups in total. The molecule has 0 aliphatic carbocycles. The van der Waals surface area contributed by atoms with Gasteiger partial charge in [-0.3, -0.25) is 4.79 Å². The van der Waals surface area contributed by atoms with Gasteiger partial charge in [0.2, 0.25) is 0 Å². The first-order chi connectivity index (χ1) is 13.1. The molecule has 2 aromatic carbocycles. The van der Waals surface area contributed by atoms with E-state index in [1.807, 2.05) is 23.6 Å². The monoisotopic (exact) mass is 380 g/mol. The van der Waals surface area contributed by atoms with E-state index in [2.05, 4.69) is 5.32 Å². The lowest BCUT2D eigenvalue weighted by Gasteiger charge is -2.21. The summed E-state index contributed by atoms with van der Waals surface area (Å²) in [5, 5.41) is 13.7. The zero-order chi connectivity index (χ0) is 19.2. The van der Waals surface area contributed by atoms with Gasteiger partial charge < -0.3 is 10.1 Å². The number of halogens is 1. The van der Waals surface area contributed by atoms with Gasteiger partial charge in [0.25, 0.3) is 5.91 Å². The maximum atomic E-state index is 13.3. The molecule has 0 saturated carbocycles. The summed E-state index contributed by atoms with van der Waals surface area (Å²) < 4.78 is 18.9. The number of hydrogen-bond acceptors (Lipinski definition) is 4. The van der Waals surface area contributed by atoms with E-state index in [9.17, 15) is 9.18 Å². The maximum Gasteiger partial charge on any atom is 0.261 e. The average molecular weight is 380 g/mol. The van der Waals surface area contributed by atoms with Gasteiger partial charge in [-0.15, -0.1) is 11.3 Å². The molecule has 27 heavy (non-hydrogen) atoms. The largest absolute Gasteiger partial charge is 0.481 e. The highest BCUT2D eigenvalue weighted by Gasteiger charge is 2.22. The first-order valence-electron chi connectivity index (χ1n) is 8.33. The number of nitrogens with one attached hydrogen (secondary N) is 1. The molecule has 0 bridgehead atoms. The molecule has 1 amide bonds. The Bertz CT molecular complexity index is 932. The molecule has 0 spiro atoms. The lowest BCUT2D eigenvalue weighted by atomic mass is 10.0. The summed E-state index contributed by atoms with van der Waals surface area (Å²) in [7, 11) is 0. The Morgan fingerprint density at radius 1 is 1.15 bits per heavy atom. The van der Waals surface area contributed by atoms with E-state index in [4.69, 9.17) is 10.00 Å². The lowest BCUT2D eigenvalue weighted by Crippen LogP contribution is -2.38. The zero-order valence-corrected chi connectivity index (χ0v) is 15.4. The molecule has 1 heterocycles. The van der Waals surface area contributed by atoms with Gasteiger partial charge in [-0.2, -0.15) is 5.26 Å². The Morgan fingerprint density at radius 2 is 1.85 bits per heavy atom. The second kappa shape index (κ2) is 8.47. The van der Waals surface area contributed by atoms with E-state index >= 15 is 0 Å². The van der Waals surface area contributed by atoms with Crippen molar-refractivity contribution in [1.82, 2.24) is 5.32 Å². The molecular weight excluding hydrogens is 363 g/mol. The SMILES string of the molecule is C[C@@H](Oc1ccc(C#N)cc1)C(=O)N[C@@H](c1ccc(F)cc1)c1cccs1. The summed E-state index contributed by atoms with van der Waals surface area (Å²) in [5.74, 6) is -0.110. The number of benzene rings is 2. The number of nitrogens with zero attached hydrogens (tertiary/aromatic N) is 1. The molecule has 0 unspecified atom stereocenters. The van der Waals surface area contributed by atoms with Crippen molar-refractivity contribution in [2.75, 3.05) is 0 Å². The van der Waals surface area contributed by atoms with Crippen LogP contribution in [-0.2, 0) is 4.79 Å². The number of nitriles is 1. The first kappa shape index (κ1) is 18.6. The average Bonchev–Trinajstić information content (AvgIpc) is 3.22. The van der Waals surface area contributed by atoms with Gasteiger partial charge >= 0.3 is 0 Å². The van der Waals surface area contributed by atoms with Crippen LogP contribution in [0.3, 0.4) is 0 Å². The Balaban J connectivity index is 1.73. The van der Waals surface area contributed by atoms with Gasteiger partial charge in [0, 0.05) is 4.88 Å². The van der Waals surface area contributed by atoms with Crippen molar-refractivity contribution in [3.63, 3.8) is 0 Å². The molecule has 4 nitrogen and oxygen atoms in total. The van der Waals surface area contributed by atoms with Crippen LogP contribution in [0.25, 0.3) is 0 Å². The van der Waals surface area contributed by atoms with Crippen molar-refractivity contribution in [3.05, 3.63) is 87.9 Å². The highest BCUT2D eigenvalue weighted by Crippen LogP contribution is 2.26. The van der Waals surface area contributed by atoms with Crippen LogP contribution in [0.15, 0.2) is 66.0 Å². The van der Waals surface area contributed by atoms with Crippen LogP contribution in [0, 0.1) is 17.1 Å². The summed E-state index contributed by atoms with van der Waals surface area (Å²) in [6, 6.07) is 18.1. The second-order valence-electron chi connectivity index (χ2n) is 5.90. The summed E-state index contributed by atoms with van der Waals surface area (Å²) >= 11 is 1.51. The number of ether oxygens (including phenoxy) is 1. The van der Waals surface area contributed by atoms with Crippen molar-refractivity contribution in [2.45, 2.75) is 19.1 Å². The number of carbonyl (C=O) groups is 1. The molecular formula is C21H17FN2O2S. The zero-order valence-electron chi connectivity index (χ0n) is 14.6. The molecule has 0 fully saturated rings. The molecule has 3 rings (SSSR count). The van der Waals surface area contributed by atoms with Gasteiger partial charge in [0.1, 0.15) is 11.6 Å². The number of rotatable bonds is 6. The van der Waals surface area contributed by atoms with Gasteiger partial charge in [-0.1, -0.05) is 18.2 Å². The van der Waals surface area contributed by atoms with Crippen molar-refractivity contribution in [3.8, 4) is 11.8 Å². The number of thiophene rings is 1. The summed E-state index contributed by atoms with van der Waals surface area (Å²) in [5.41, 5.74) is 1.31. The Morgan fingerprint density at radius 3 is 2.44 bits per heavy atom. The summed E-state index contributed by atoms with van der Waals surface area (Å²) in [6.45, 7) is 1.66. The minimum atomic E-state index is -0.735. The van der Waals surface area contributed by atoms with Crippen LogP contribution in [-0.4, -0.2) is 12.0 Å². The standard InChI is InChI=1S/C21H17FN2O2S/c1-14(26-18-10-4-15(13-23)5-11-18)21(25)24-20(19-3-2-12-27-19)16-6-8-17(22)9-7-16/h2-12,14,20H,1H3,(H,24,25)/t14-,20+/m1/s1. The topological polar surface area (TPSA) is 62.1 Å². The predicted octanol–water partition coefficient (Wildman–Crippen LogP) is 4.43. The highest BCUT2D eigenvalue weighted by molar-refractivity contribution is 7.10. The number of amides is 1. The molecule has 1 aromatic heterocycles. The Hall–Kier alpha value is -3.17. The first-order valence-corrected chi connectivity index (χ1v) is 9.21. The molecule has 136 valence electrons. The van der Waals surface area contributed by atoms with Crippen LogP contribution >= 0.6 is 11.3 Å². The van der Waals surface area contributed by atoms with E-state index in [0.29, 0.717) is 11.3 Å². The van der Waals surface area contributed by atoms with Crippen LogP contribution in [0.1, 0.15) is 29.0 Å². The van der Waals surface area contributed by atoms with Crippen LogP contribution in [0.2, 0.25) is 0 Å². The number of carbonyl (C=O) groups excluding carboxylic acids is 1. The third kappa shape index (κ3) is 4.72. The van der Waals surface area contributed by atoms with Crippen molar-refractivity contribution in [2.24, 2.45) is 0 Å². The highest BCUT2D eigenvalue weighted by atomic mass is 32.1. The van der Waals surface area contributed by atoms with Crippen molar-refractivity contribution >= 4 is 17.2 Å².